The largest absolute Gasteiger partial charge is 0.464 e. The van der Waals surface area contributed by atoms with Gasteiger partial charge in [0.2, 0.25) is 17.2 Å². The van der Waals surface area contributed by atoms with Gasteiger partial charge in [0.15, 0.2) is 17.5 Å². The Bertz CT molecular complexity index is 1770. The van der Waals surface area contributed by atoms with Gasteiger partial charge in [-0.15, -0.1) is 0 Å². The molecule has 0 amide bonds. The zero-order valence-electron chi connectivity index (χ0n) is 23.9. The Morgan fingerprint density at radius 1 is 0.844 bits per heavy atom. The van der Waals surface area contributed by atoms with Crippen molar-refractivity contribution in [1.82, 2.24) is 9.55 Å². The number of carbonyl (C=O) groups is 4. The van der Waals surface area contributed by atoms with Crippen molar-refractivity contribution in [3.8, 4) is 6.07 Å². The van der Waals surface area contributed by atoms with E-state index in [-0.39, 0.29) is 28.1 Å². The summed E-state index contributed by atoms with van der Waals surface area (Å²) in [6.07, 6.45) is -3.21. The number of hydrogen-bond donors (Lipinski definition) is 2. The van der Waals surface area contributed by atoms with Gasteiger partial charge in [0.25, 0.3) is 0 Å². The number of carbonyl (C=O) groups excluding carboxylic acids is 4. The first-order valence-electron chi connectivity index (χ1n) is 13.7. The monoisotopic (exact) mass is 609 g/mol. The summed E-state index contributed by atoms with van der Waals surface area (Å²) in [5, 5.41) is 34.7. The maximum Gasteiger partial charge on any atom is 0.358 e. The second-order valence-electron chi connectivity index (χ2n) is 10.1. The SMILES string of the molecule is COC(=O)c1ncn(C2O[C@@H](COC(=O)c3ccccc3)[C@@](O)(C(=O)c3ccccc3)[C@@]2(O)C(=O)c2ccccc2)c1CC#N. The van der Waals surface area contributed by atoms with Crippen molar-refractivity contribution in [2.45, 2.75) is 30.0 Å². The fourth-order valence-corrected chi connectivity index (χ4v) is 5.35. The highest BCUT2D eigenvalue weighted by molar-refractivity contribution is 6.13. The Balaban J connectivity index is 1.71. The van der Waals surface area contributed by atoms with Gasteiger partial charge in [-0.3, -0.25) is 9.59 Å². The zero-order chi connectivity index (χ0) is 32.2. The van der Waals surface area contributed by atoms with Gasteiger partial charge in [0.05, 0.1) is 37.2 Å². The fraction of sp³-hybridized carbons (Fsp3) is 0.212. The molecule has 0 aliphatic carbocycles. The molecule has 0 bridgehead atoms. The Labute approximate surface area is 257 Å². The second-order valence-corrected chi connectivity index (χ2v) is 10.1. The molecule has 2 heterocycles. The highest BCUT2D eigenvalue weighted by Gasteiger charge is 2.74. The number of rotatable bonds is 10. The van der Waals surface area contributed by atoms with Crippen molar-refractivity contribution in [3.05, 3.63) is 125 Å². The van der Waals surface area contributed by atoms with Crippen molar-refractivity contribution in [2.75, 3.05) is 13.7 Å². The van der Waals surface area contributed by atoms with Gasteiger partial charge in [0, 0.05) is 11.1 Å². The topological polar surface area (TPSA) is 178 Å². The fourth-order valence-electron chi connectivity index (χ4n) is 5.35. The number of aromatic nitrogens is 2. The third kappa shape index (κ3) is 5.29. The van der Waals surface area contributed by atoms with Crippen LogP contribution in [-0.2, 0) is 20.6 Å². The Hall–Kier alpha value is -5.48. The molecular weight excluding hydrogens is 582 g/mol. The molecule has 0 spiro atoms. The van der Waals surface area contributed by atoms with Gasteiger partial charge in [-0.25, -0.2) is 14.6 Å². The number of Topliss-reactive ketones (excluding diaryl/α,β-unsaturated/α-hetero) is 2. The highest BCUT2D eigenvalue weighted by Crippen LogP contribution is 2.50. The average molecular weight is 610 g/mol. The predicted molar refractivity (Wildman–Crippen MR) is 155 cm³/mol. The summed E-state index contributed by atoms with van der Waals surface area (Å²) in [4.78, 5) is 58.0. The molecule has 4 aromatic rings. The minimum Gasteiger partial charge on any atom is -0.464 e. The molecule has 1 fully saturated rings. The van der Waals surface area contributed by atoms with Crippen LogP contribution in [0.15, 0.2) is 97.3 Å². The molecule has 2 N–H and O–H groups in total. The number of benzene rings is 3. The standard InChI is InChI=1S/C33H27N3O9/c1-43-30(40)26-24(17-18-34)36(20-35-26)31-33(42,28(38)22-13-7-3-8-14-22)32(41,27(37)21-11-5-2-6-12-21)25(45-31)19-44-29(39)23-15-9-4-10-16-23/h2-16,20,25,31,41-42H,17,19H2,1H3/t25-,31?,32+,33+/m0/s1. The highest BCUT2D eigenvalue weighted by atomic mass is 16.6. The summed E-state index contributed by atoms with van der Waals surface area (Å²) >= 11 is 0. The van der Waals surface area contributed by atoms with Crippen LogP contribution in [0.3, 0.4) is 0 Å². The van der Waals surface area contributed by atoms with Crippen molar-refractivity contribution < 1.29 is 43.6 Å². The van der Waals surface area contributed by atoms with E-state index in [1.165, 1.54) is 60.7 Å². The molecule has 0 radical (unpaired) electrons. The van der Waals surface area contributed by atoms with Gasteiger partial charge in [-0.05, 0) is 12.1 Å². The summed E-state index contributed by atoms with van der Waals surface area (Å²) in [7, 11) is 1.10. The quantitative estimate of drug-likeness (QED) is 0.200. The molecule has 228 valence electrons. The summed E-state index contributed by atoms with van der Waals surface area (Å²) < 4.78 is 17.4. The number of nitrogens with zero attached hydrogens (tertiary/aromatic N) is 3. The zero-order valence-corrected chi connectivity index (χ0v) is 23.9. The lowest BCUT2D eigenvalue weighted by Gasteiger charge is -2.38. The smallest absolute Gasteiger partial charge is 0.358 e. The molecule has 1 saturated heterocycles. The lowest BCUT2D eigenvalue weighted by molar-refractivity contribution is -0.106. The van der Waals surface area contributed by atoms with E-state index in [1.54, 1.807) is 30.3 Å². The minimum atomic E-state index is -3.12. The van der Waals surface area contributed by atoms with Crippen LogP contribution in [-0.4, -0.2) is 74.3 Å². The molecule has 5 rings (SSSR count). The van der Waals surface area contributed by atoms with Gasteiger partial charge in [-0.1, -0.05) is 78.9 Å². The van der Waals surface area contributed by atoms with E-state index in [2.05, 4.69) is 4.98 Å². The van der Waals surface area contributed by atoms with Crippen molar-refractivity contribution in [1.29, 1.82) is 5.26 Å². The molecule has 1 unspecified atom stereocenters. The maximum absolute atomic E-state index is 14.3. The molecule has 4 atom stereocenters. The van der Waals surface area contributed by atoms with Gasteiger partial charge < -0.3 is 29.0 Å². The Morgan fingerprint density at radius 2 is 1.36 bits per heavy atom. The van der Waals surface area contributed by atoms with E-state index in [9.17, 15) is 34.7 Å². The van der Waals surface area contributed by atoms with Crippen molar-refractivity contribution in [2.24, 2.45) is 0 Å². The summed E-state index contributed by atoms with van der Waals surface area (Å²) in [6, 6.07) is 24.6. The molecule has 12 heteroatoms. The number of aliphatic hydroxyl groups is 2. The molecule has 0 saturated carbocycles. The third-order valence-electron chi connectivity index (χ3n) is 7.61. The number of hydrogen-bond acceptors (Lipinski definition) is 11. The van der Waals surface area contributed by atoms with Crippen molar-refractivity contribution in [3.63, 3.8) is 0 Å². The lowest BCUT2D eigenvalue weighted by Crippen LogP contribution is -2.67. The van der Waals surface area contributed by atoms with E-state index in [4.69, 9.17) is 14.2 Å². The van der Waals surface area contributed by atoms with Crippen LogP contribution >= 0.6 is 0 Å². The lowest BCUT2D eigenvalue weighted by atomic mass is 9.71. The van der Waals surface area contributed by atoms with Gasteiger partial charge in [-0.2, -0.15) is 5.26 Å². The normalized spacial score (nSPS) is 22.3. The van der Waals surface area contributed by atoms with E-state index >= 15 is 0 Å². The maximum atomic E-state index is 14.3. The average Bonchev–Trinajstić information content (AvgIpc) is 3.60. The number of esters is 2. The molecule has 3 aromatic carbocycles. The predicted octanol–water partition coefficient (Wildman–Crippen LogP) is 2.72. The molecule has 1 aliphatic heterocycles. The van der Waals surface area contributed by atoms with Crippen LogP contribution in [0.25, 0.3) is 0 Å². The number of ketones is 2. The summed E-state index contributed by atoms with van der Waals surface area (Å²) in [5.74, 6) is -3.96. The molecule has 1 aromatic heterocycles. The number of methoxy groups -OCH3 is 1. The molecule has 12 nitrogen and oxygen atoms in total. The minimum absolute atomic E-state index is 0.0824. The van der Waals surface area contributed by atoms with Crippen LogP contribution in [0.2, 0.25) is 0 Å². The van der Waals surface area contributed by atoms with E-state index in [0.29, 0.717) is 0 Å². The Morgan fingerprint density at radius 3 is 1.87 bits per heavy atom. The van der Waals surface area contributed by atoms with Gasteiger partial charge >= 0.3 is 11.9 Å². The summed E-state index contributed by atoms with van der Waals surface area (Å²) in [6.45, 7) is -0.782. The molecule has 45 heavy (non-hydrogen) atoms. The Kier molecular flexibility index (Phi) is 8.69. The third-order valence-corrected chi connectivity index (χ3v) is 7.61. The number of nitriles is 1. The molecular formula is C33H27N3O9. The van der Waals surface area contributed by atoms with E-state index in [1.807, 2.05) is 6.07 Å². The van der Waals surface area contributed by atoms with Crippen LogP contribution in [0, 0.1) is 11.3 Å². The first kappa shape index (κ1) is 31.0. The van der Waals surface area contributed by atoms with Crippen LogP contribution in [0.5, 0.6) is 0 Å². The van der Waals surface area contributed by atoms with Crippen molar-refractivity contribution >= 4 is 23.5 Å². The van der Waals surface area contributed by atoms with Crippen LogP contribution < -0.4 is 0 Å². The van der Waals surface area contributed by atoms with Gasteiger partial charge in [0.1, 0.15) is 12.7 Å². The first-order valence-corrected chi connectivity index (χ1v) is 13.7. The second kappa shape index (κ2) is 12.6. The molecule has 1 aliphatic rings. The van der Waals surface area contributed by atoms with E-state index in [0.717, 1.165) is 18.0 Å². The number of imidazole rings is 1. The van der Waals surface area contributed by atoms with Crippen LogP contribution in [0.4, 0.5) is 0 Å². The number of ether oxygens (including phenoxy) is 3. The first-order chi connectivity index (χ1) is 21.7. The van der Waals surface area contributed by atoms with E-state index < -0.39 is 60.1 Å². The van der Waals surface area contributed by atoms with Crippen LogP contribution in [0.1, 0.15) is 53.5 Å². The summed E-state index contributed by atoms with van der Waals surface area (Å²) in [5.41, 5.74) is -6.65.